The molecule has 13 nitrogen and oxygen atoms in total. The number of fused-ring (bicyclic) bond motifs is 5. The van der Waals surface area contributed by atoms with Crippen molar-refractivity contribution in [3.05, 3.63) is 51.3 Å². The van der Waals surface area contributed by atoms with Crippen LogP contribution in [0.5, 0.6) is 11.5 Å². The fourth-order valence-corrected chi connectivity index (χ4v) is 5.60. The standard InChI is InChI=1S/C27H28N2O11/c1-3-27(36)14-7-16-19-11(8-29(16)24(34)13(14)10-38-26(27)35)6-12-15(28-19)4-5-17(23(12)37-2)39-25-22(33)21(32)20(31)18(9-30)40-25/h4-7,18,20-22,25,30-33,36H,3,8-10H2,1-2H3/t18-,20-,21+,22-,25+,27+/m1/s1. The molecule has 6 atom stereocenters. The normalized spacial score (nSPS) is 29.0. The predicted molar refractivity (Wildman–Crippen MR) is 135 cm³/mol. The number of aliphatic hydroxyl groups is 5. The zero-order valence-corrected chi connectivity index (χ0v) is 21.6. The number of aromatic nitrogens is 2. The van der Waals surface area contributed by atoms with Crippen LogP contribution in [0.3, 0.4) is 0 Å². The largest absolute Gasteiger partial charge is 0.492 e. The number of aliphatic hydroxyl groups excluding tert-OH is 4. The van der Waals surface area contributed by atoms with Crippen molar-refractivity contribution in [2.75, 3.05) is 13.7 Å². The Bertz CT molecular complexity index is 1590. The number of hydrogen-bond donors (Lipinski definition) is 5. The Balaban J connectivity index is 1.42. The predicted octanol–water partition coefficient (Wildman–Crippen LogP) is -0.733. The maximum atomic E-state index is 13.4. The lowest BCUT2D eigenvalue weighted by Crippen LogP contribution is -2.60. The van der Waals surface area contributed by atoms with Gasteiger partial charge >= 0.3 is 5.97 Å². The summed E-state index contributed by atoms with van der Waals surface area (Å²) in [5.41, 5.74) is 0.269. The number of cyclic esters (lactones) is 1. The van der Waals surface area contributed by atoms with Crippen LogP contribution in [0.4, 0.5) is 0 Å². The van der Waals surface area contributed by atoms with Crippen molar-refractivity contribution in [3.63, 3.8) is 0 Å². The molecule has 0 aliphatic carbocycles. The zero-order chi connectivity index (χ0) is 28.5. The molecule has 13 heteroatoms. The highest BCUT2D eigenvalue weighted by atomic mass is 16.7. The van der Waals surface area contributed by atoms with Gasteiger partial charge in [0.2, 0.25) is 6.29 Å². The molecule has 0 amide bonds. The zero-order valence-electron chi connectivity index (χ0n) is 21.6. The fourth-order valence-electron chi connectivity index (χ4n) is 5.60. The van der Waals surface area contributed by atoms with Gasteiger partial charge in [-0.3, -0.25) is 4.79 Å². The van der Waals surface area contributed by atoms with E-state index in [1.54, 1.807) is 25.1 Å². The summed E-state index contributed by atoms with van der Waals surface area (Å²) in [6.45, 7) is 0.985. The molecule has 5 N–H and O–H groups in total. The lowest BCUT2D eigenvalue weighted by molar-refractivity contribution is -0.277. The van der Waals surface area contributed by atoms with Crippen molar-refractivity contribution >= 4 is 16.9 Å². The molecular formula is C27H28N2O11. The van der Waals surface area contributed by atoms with E-state index in [0.29, 0.717) is 27.9 Å². The molecule has 1 saturated heterocycles. The molecule has 2 aromatic heterocycles. The van der Waals surface area contributed by atoms with Crippen LogP contribution in [-0.4, -0.2) is 85.5 Å². The fraction of sp³-hybridized carbons (Fsp3) is 0.444. The quantitative estimate of drug-likeness (QED) is 0.194. The molecule has 212 valence electrons. The van der Waals surface area contributed by atoms with Crippen LogP contribution in [0.15, 0.2) is 29.1 Å². The monoisotopic (exact) mass is 556 g/mol. The molecule has 0 saturated carbocycles. The number of carbonyl (C=O) groups excluding carboxylic acids is 1. The van der Waals surface area contributed by atoms with E-state index in [1.165, 1.54) is 17.7 Å². The van der Waals surface area contributed by atoms with E-state index in [1.807, 2.05) is 0 Å². The first-order valence-electron chi connectivity index (χ1n) is 12.8. The summed E-state index contributed by atoms with van der Waals surface area (Å²) in [6.07, 6.45) is -7.27. The number of esters is 1. The molecule has 0 unspecified atom stereocenters. The Morgan fingerprint density at radius 2 is 1.93 bits per heavy atom. The molecule has 3 aromatic rings. The van der Waals surface area contributed by atoms with Gasteiger partial charge in [0.25, 0.3) is 5.56 Å². The van der Waals surface area contributed by atoms with Crippen molar-refractivity contribution in [2.24, 2.45) is 0 Å². The molecule has 0 bridgehead atoms. The van der Waals surface area contributed by atoms with Crippen LogP contribution < -0.4 is 15.0 Å². The highest BCUT2D eigenvalue weighted by Gasteiger charge is 2.46. The lowest BCUT2D eigenvalue weighted by atomic mass is 9.86. The molecule has 0 spiro atoms. The van der Waals surface area contributed by atoms with E-state index in [2.05, 4.69) is 0 Å². The molecular weight excluding hydrogens is 528 g/mol. The van der Waals surface area contributed by atoms with Crippen LogP contribution >= 0.6 is 0 Å². The van der Waals surface area contributed by atoms with E-state index >= 15 is 0 Å². The molecule has 1 aromatic carbocycles. The molecule has 5 heterocycles. The van der Waals surface area contributed by atoms with Gasteiger partial charge in [0.15, 0.2) is 17.1 Å². The number of nitrogens with zero attached hydrogens (tertiary/aromatic N) is 2. The summed E-state index contributed by atoms with van der Waals surface area (Å²) in [7, 11) is 1.41. The van der Waals surface area contributed by atoms with Gasteiger partial charge in [0.05, 0.1) is 42.7 Å². The van der Waals surface area contributed by atoms with Crippen molar-refractivity contribution in [1.82, 2.24) is 9.55 Å². The van der Waals surface area contributed by atoms with Crippen LogP contribution in [0.2, 0.25) is 0 Å². The van der Waals surface area contributed by atoms with Gasteiger partial charge in [-0.15, -0.1) is 0 Å². The third-order valence-electron chi connectivity index (χ3n) is 7.90. The molecule has 0 radical (unpaired) electrons. The average Bonchev–Trinajstić information content (AvgIpc) is 3.32. The third-order valence-corrected chi connectivity index (χ3v) is 7.90. The minimum Gasteiger partial charge on any atom is -0.492 e. The SMILES string of the molecule is CC[C@@]1(O)C(=O)OCc2c1cc1n(c2=O)Cc2cc3c(OC)c(O[C@H]4O[C@H](CO)[C@@H](O)[C@H](O)[C@H]4O)ccc3nc2-1. The highest BCUT2D eigenvalue weighted by Crippen LogP contribution is 2.42. The Morgan fingerprint density at radius 3 is 2.62 bits per heavy atom. The topological polar surface area (TPSA) is 190 Å². The molecule has 3 aliphatic rings. The summed E-state index contributed by atoms with van der Waals surface area (Å²) >= 11 is 0. The summed E-state index contributed by atoms with van der Waals surface area (Å²) in [5, 5.41) is 51.6. The van der Waals surface area contributed by atoms with Crippen LogP contribution in [0, 0.1) is 0 Å². The second-order valence-electron chi connectivity index (χ2n) is 10.1. The average molecular weight is 557 g/mol. The second-order valence-corrected chi connectivity index (χ2v) is 10.1. The second kappa shape index (κ2) is 9.51. The molecule has 6 rings (SSSR count). The molecule has 3 aliphatic heterocycles. The van der Waals surface area contributed by atoms with E-state index < -0.39 is 48.9 Å². The van der Waals surface area contributed by atoms with Gasteiger partial charge in [0, 0.05) is 16.5 Å². The maximum Gasteiger partial charge on any atom is 0.343 e. The van der Waals surface area contributed by atoms with Crippen LogP contribution in [-0.2, 0) is 33.0 Å². The Morgan fingerprint density at radius 1 is 1.15 bits per heavy atom. The van der Waals surface area contributed by atoms with Crippen molar-refractivity contribution in [1.29, 1.82) is 0 Å². The van der Waals surface area contributed by atoms with Crippen molar-refractivity contribution in [2.45, 2.75) is 62.8 Å². The number of hydrogen-bond acceptors (Lipinski definition) is 12. The first-order valence-corrected chi connectivity index (χ1v) is 12.8. The van der Waals surface area contributed by atoms with Crippen molar-refractivity contribution in [3.8, 4) is 22.9 Å². The maximum absolute atomic E-state index is 13.4. The smallest absolute Gasteiger partial charge is 0.343 e. The van der Waals surface area contributed by atoms with E-state index in [0.717, 1.165) is 0 Å². The minimum atomic E-state index is -1.93. The summed E-state index contributed by atoms with van der Waals surface area (Å²) < 4.78 is 23.5. The van der Waals surface area contributed by atoms with E-state index in [9.17, 15) is 35.1 Å². The first kappa shape index (κ1) is 26.6. The van der Waals surface area contributed by atoms with E-state index in [-0.39, 0.29) is 47.8 Å². The van der Waals surface area contributed by atoms with Gasteiger partial charge in [-0.1, -0.05) is 6.92 Å². The molecule has 1 fully saturated rings. The van der Waals surface area contributed by atoms with Crippen molar-refractivity contribution < 1.29 is 49.3 Å². The Labute approximate surface area is 226 Å². The van der Waals surface area contributed by atoms with Gasteiger partial charge < -0.3 is 49.0 Å². The number of rotatable bonds is 5. The number of methoxy groups -OCH3 is 1. The Kier molecular flexibility index (Phi) is 6.33. The van der Waals surface area contributed by atoms with Crippen LogP contribution in [0.25, 0.3) is 22.3 Å². The summed E-state index contributed by atoms with van der Waals surface area (Å²) in [4.78, 5) is 30.6. The van der Waals surface area contributed by atoms with Gasteiger partial charge in [-0.25, -0.2) is 9.78 Å². The van der Waals surface area contributed by atoms with Gasteiger partial charge in [-0.2, -0.15) is 0 Å². The number of carbonyl (C=O) groups is 1. The number of pyridine rings is 2. The third kappa shape index (κ3) is 3.73. The van der Waals surface area contributed by atoms with Crippen LogP contribution in [0.1, 0.15) is 30.0 Å². The number of benzene rings is 1. The summed E-state index contributed by atoms with van der Waals surface area (Å²) in [6, 6.07) is 6.58. The minimum absolute atomic E-state index is 0.0359. The first-order chi connectivity index (χ1) is 19.1. The molecule has 40 heavy (non-hydrogen) atoms. The number of ether oxygens (including phenoxy) is 4. The lowest BCUT2D eigenvalue weighted by Gasteiger charge is -2.39. The van der Waals surface area contributed by atoms with Gasteiger partial charge in [0.1, 0.15) is 31.0 Å². The van der Waals surface area contributed by atoms with Gasteiger partial charge in [-0.05, 0) is 30.7 Å². The van der Waals surface area contributed by atoms with E-state index in [4.69, 9.17) is 23.9 Å². The summed E-state index contributed by atoms with van der Waals surface area (Å²) in [5.74, 6) is -0.409. The highest BCUT2D eigenvalue weighted by molar-refractivity contribution is 5.91. The Hall–Kier alpha value is -3.59.